The number of phenols is 1. The zero-order chi connectivity index (χ0) is 20.8. The zero-order valence-electron chi connectivity index (χ0n) is 16.4. The average Bonchev–Trinajstić information content (AvgIpc) is 3.46. The number of carbonyl (C=O) groups is 1. The molecule has 0 atom stereocenters. The van der Waals surface area contributed by atoms with E-state index in [1.54, 1.807) is 36.4 Å². The van der Waals surface area contributed by atoms with Crippen molar-refractivity contribution in [1.82, 2.24) is 4.98 Å². The van der Waals surface area contributed by atoms with Gasteiger partial charge in [0.15, 0.2) is 0 Å². The highest BCUT2D eigenvalue weighted by molar-refractivity contribution is 5.99. The number of hydrogen-bond donors (Lipinski definition) is 3. The molecule has 1 aliphatic rings. The summed E-state index contributed by atoms with van der Waals surface area (Å²) in [5.41, 5.74) is 1.76. The van der Waals surface area contributed by atoms with Gasteiger partial charge in [0, 0.05) is 34.7 Å². The summed E-state index contributed by atoms with van der Waals surface area (Å²) in [6.07, 6.45) is 1.25. The van der Waals surface area contributed by atoms with E-state index < -0.39 is 11.4 Å². The van der Waals surface area contributed by atoms with Crippen LogP contribution in [0.25, 0.3) is 22.0 Å². The fourth-order valence-corrected chi connectivity index (χ4v) is 3.79. The summed E-state index contributed by atoms with van der Waals surface area (Å²) in [6, 6.07) is 11.4. The number of hydrogen-bond acceptors (Lipinski definition) is 4. The molecule has 1 heterocycles. The number of halogens is 1. The van der Waals surface area contributed by atoms with Crippen molar-refractivity contribution < 1.29 is 19.4 Å². The van der Waals surface area contributed by atoms with Crippen LogP contribution in [0.5, 0.6) is 5.75 Å². The SMILES string of the molecule is CC(C)c1c(NCC2(C(=O)O)CC2)nc2cc(O)ccc2c1-c1ccccc1F. The summed E-state index contributed by atoms with van der Waals surface area (Å²) in [6.45, 7) is 4.27. The van der Waals surface area contributed by atoms with E-state index in [2.05, 4.69) is 10.3 Å². The molecule has 3 N–H and O–H groups in total. The lowest BCUT2D eigenvalue weighted by Gasteiger charge is -2.22. The quantitative estimate of drug-likeness (QED) is 0.539. The Morgan fingerprint density at radius 1 is 1.24 bits per heavy atom. The zero-order valence-corrected chi connectivity index (χ0v) is 16.4. The van der Waals surface area contributed by atoms with E-state index in [4.69, 9.17) is 0 Å². The van der Waals surface area contributed by atoms with Crippen LogP contribution >= 0.6 is 0 Å². The lowest BCUT2D eigenvalue weighted by atomic mass is 9.89. The van der Waals surface area contributed by atoms with E-state index in [1.165, 1.54) is 6.07 Å². The molecular formula is C23H23FN2O3. The smallest absolute Gasteiger partial charge is 0.311 e. The maximum Gasteiger partial charge on any atom is 0.311 e. The van der Waals surface area contributed by atoms with Crippen LogP contribution < -0.4 is 5.32 Å². The van der Waals surface area contributed by atoms with Crippen molar-refractivity contribution in [3.8, 4) is 16.9 Å². The second kappa shape index (κ2) is 7.03. The van der Waals surface area contributed by atoms with Crippen molar-refractivity contribution in [1.29, 1.82) is 0 Å². The van der Waals surface area contributed by atoms with Gasteiger partial charge >= 0.3 is 5.97 Å². The summed E-state index contributed by atoms with van der Waals surface area (Å²) >= 11 is 0. The maximum absolute atomic E-state index is 14.8. The minimum atomic E-state index is -0.816. The molecule has 0 spiro atoms. The van der Waals surface area contributed by atoms with Crippen LogP contribution in [0, 0.1) is 11.2 Å². The third-order valence-corrected chi connectivity index (χ3v) is 5.63. The highest BCUT2D eigenvalue weighted by Crippen LogP contribution is 2.47. The molecule has 0 radical (unpaired) electrons. The topological polar surface area (TPSA) is 82.5 Å². The molecule has 0 saturated heterocycles. The van der Waals surface area contributed by atoms with Crippen LogP contribution in [-0.2, 0) is 4.79 Å². The van der Waals surface area contributed by atoms with E-state index in [0.29, 0.717) is 35.3 Å². The average molecular weight is 394 g/mol. The number of rotatable bonds is 6. The van der Waals surface area contributed by atoms with Crippen LogP contribution in [-0.4, -0.2) is 27.7 Å². The fraction of sp³-hybridized carbons (Fsp3) is 0.304. The second-order valence-electron chi connectivity index (χ2n) is 8.02. The minimum absolute atomic E-state index is 0.0118. The van der Waals surface area contributed by atoms with Crippen molar-refractivity contribution >= 4 is 22.7 Å². The summed E-state index contributed by atoms with van der Waals surface area (Å²) in [4.78, 5) is 16.2. The third kappa shape index (κ3) is 3.39. The number of anilines is 1. The molecule has 1 saturated carbocycles. The Labute approximate surface area is 168 Å². The molecular weight excluding hydrogens is 371 g/mol. The van der Waals surface area contributed by atoms with Crippen molar-refractivity contribution in [3.63, 3.8) is 0 Å². The highest BCUT2D eigenvalue weighted by Gasteiger charge is 2.50. The molecule has 6 heteroatoms. The number of nitrogens with zero attached hydrogens (tertiary/aromatic N) is 1. The number of carboxylic acid groups (broad SMARTS) is 1. The predicted molar refractivity (Wildman–Crippen MR) is 111 cm³/mol. The number of pyridine rings is 1. The summed E-state index contributed by atoms with van der Waals surface area (Å²) in [7, 11) is 0. The van der Waals surface area contributed by atoms with Gasteiger partial charge in [0.25, 0.3) is 0 Å². The van der Waals surface area contributed by atoms with Gasteiger partial charge in [-0.1, -0.05) is 32.0 Å². The first-order valence-corrected chi connectivity index (χ1v) is 9.71. The lowest BCUT2D eigenvalue weighted by molar-refractivity contribution is -0.142. The van der Waals surface area contributed by atoms with Crippen molar-refractivity contribution in [2.24, 2.45) is 5.41 Å². The highest BCUT2D eigenvalue weighted by atomic mass is 19.1. The number of benzene rings is 2. The molecule has 29 heavy (non-hydrogen) atoms. The Morgan fingerprint density at radius 3 is 2.59 bits per heavy atom. The van der Waals surface area contributed by atoms with Crippen LogP contribution in [0.2, 0.25) is 0 Å². The standard InChI is InChI=1S/C23H23FN2O3/c1-13(2)19-20(15-5-3-4-6-17(15)24)16-8-7-14(27)11-18(16)26-21(19)25-12-23(9-10-23)22(28)29/h3-8,11,13,27H,9-10,12H2,1-2H3,(H,25,26)(H,28,29). The minimum Gasteiger partial charge on any atom is -0.508 e. The predicted octanol–water partition coefficient (Wildman–Crippen LogP) is 5.15. The molecule has 1 aromatic heterocycles. The van der Waals surface area contributed by atoms with Crippen molar-refractivity contribution in [2.75, 3.05) is 11.9 Å². The summed E-state index contributed by atoms with van der Waals surface area (Å²) in [5, 5.41) is 23.4. The molecule has 5 nitrogen and oxygen atoms in total. The molecule has 2 aromatic carbocycles. The third-order valence-electron chi connectivity index (χ3n) is 5.63. The Hall–Kier alpha value is -3.15. The van der Waals surface area contributed by atoms with Gasteiger partial charge in [0.2, 0.25) is 0 Å². The molecule has 1 fully saturated rings. The van der Waals surface area contributed by atoms with Gasteiger partial charge in [-0.05, 0) is 37.0 Å². The Balaban J connectivity index is 1.94. The number of aliphatic carboxylic acids is 1. The maximum atomic E-state index is 14.8. The Morgan fingerprint density at radius 2 is 1.97 bits per heavy atom. The van der Waals surface area contributed by atoms with Gasteiger partial charge in [0.05, 0.1) is 10.9 Å². The van der Waals surface area contributed by atoms with E-state index in [0.717, 1.165) is 10.9 Å². The number of aromatic nitrogens is 1. The Kier molecular flexibility index (Phi) is 4.65. The second-order valence-corrected chi connectivity index (χ2v) is 8.02. The summed E-state index contributed by atoms with van der Waals surface area (Å²) < 4.78 is 14.8. The number of phenolic OH excluding ortho intramolecular Hbond substituents is 1. The molecule has 0 unspecified atom stereocenters. The Bertz CT molecular complexity index is 1110. The first kappa shape index (κ1) is 19.2. The van der Waals surface area contributed by atoms with E-state index in [1.807, 2.05) is 13.8 Å². The number of nitrogens with one attached hydrogen (secondary N) is 1. The number of aromatic hydroxyl groups is 1. The van der Waals surface area contributed by atoms with Gasteiger partial charge in [-0.15, -0.1) is 0 Å². The van der Waals surface area contributed by atoms with E-state index in [-0.39, 0.29) is 24.0 Å². The van der Waals surface area contributed by atoms with Crippen LogP contribution in [0.3, 0.4) is 0 Å². The lowest BCUT2D eigenvalue weighted by Crippen LogP contribution is -2.25. The van der Waals surface area contributed by atoms with E-state index >= 15 is 0 Å². The van der Waals surface area contributed by atoms with Gasteiger partial charge in [-0.2, -0.15) is 0 Å². The van der Waals surface area contributed by atoms with Crippen molar-refractivity contribution in [3.05, 3.63) is 53.8 Å². The largest absolute Gasteiger partial charge is 0.508 e. The number of fused-ring (bicyclic) bond motifs is 1. The van der Waals surface area contributed by atoms with Crippen LogP contribution in [0.15, 0.2) is 42.5 Å². The molecule has 4 rings (SSSR count). The van der Waals surface area contributed by atoms with Gasteiger partial charge in [-0.25, -0.2) is 9.37 Å². The molecule has 3 aromatic rings. The first-order valence-electron chi connectivity index (χ1n) is 9.71. The van der Waals surface area contributed by atoms with Gasteiger partial charge in [-0.3, -0.25) is 4.79 Å². The molecule has 1 aliphatic carbocycles. The van der Waals surface area contributed by atoms with Gasteiger partial charge in [0.1, 0.15) is 17.4 Å². The molecule has 0 amide bonds. The van der Waals surface area contributed by atoms with E-state index in [9.17, 15) is 19.4 Å². The monoisotopic (exact) mass is 394 g/mol. The fourth-order valence-electron chi connectivity index (χ4n) is 3.79. The normalized spacial score (nSPS) is 14.9. The molecule has 0 bridgehead atoms. The van der Waals surface area contributed by atoms with Crippen LogP contribution in [0.4, 0.5) is 10.2 Å². The molecule has 150 valence electrons. The summed E-state index contributed by atoms with van der Waals surface area (Å²) in [5.74, 6) is -0.549. The number of carboxylic acids is 1. The van der Waals surface area contributed by atoms with Crippen molar-refractivity contribution in [2.45, 2.75) is 32.6 Å². The van der Waals surface area contributed by atoms with Crippen LogP contribution in [0.1, 0.15) is 38.2 Å². The first-order chi connectivity index (χ1) is 13.8. The van der Waals surface area contributed by atoms with Gasteiger partial charge < -0.3 is 15.5 Å². The molecule has 0 aliphatic heterocycles.